The molecule has 0 aliphatic carbocycles. The first-order valence-corrected chi connectivity index (χ1v) is 11.5. The van der Waals surface area contributed by atoms with Crippen molar-refractivity contribution in [2.24, 2.45) is 0 Å². The molecule has 4 nitrogen and oxygen atoms in total. The van der Waals surface area contributed by atoms with Gasteiger partial charge in [-0.3, -0.25) is 4.79 Å². The van der Waals surface area contributed by atoms with Crippen LogP contribution in [0.5, 0.6) is 0 Å². The van der Waals surface area contributed by atoms with Crippen LogP contribution in [-0.4, -0.2) is 34.2 Å². The van der Waals surface area contributed by atoms with Gasteiger partial charge in [0.05, 0.1) is 6.61 Å². The number of hydrogen-bond acceptors (Lipinski definition) is 2. The summed E-state index contributed by atoms with van der Waals surface area (Å²) in [6.45, 7) is 9.60. The summed E-state index contributed by atoms with van der Waals surface area (Å²) in [6, 6.07) is 0. The first-order chi connectivity index (χ1) is 14.6. The van der Waals surface area contributed by atoms with Gasteiger partial charge in [0.15, 0.2) is 5.70 Å². The molecule has 0 amide bonds. The van der Waals surface area contributed by atoms with Crippen LogP contribution in [0.4, 0.5) is 8.63 Å². The highest BCUT2D eigenvalue weighted by Crippen LogP contribution is 2.46. The molecule has 3 heterocycles. The Hall–Kier alpha value is -2.18. The van der Waals surface area contributed by atoms with Gasteiger partial charge in [0.25, 0.3) is 0 Å². The molecule has 0 atom stereocenters. The lowest BCUT2D eigenvalue weighted by atomic mass is 9.84. The maximum Gasteiger partial charge on any atom is 0.737 e. The number of aromatic nitrogens is 1. The fraction of sp³-hybridized carbons (Fsp3) is 0.583. The first kappa shape index (κ1) is 23.5. The van der Waals surface area contributed by atoms with E-state index in [1.54, 1.807) is 0 Å². The van der Waals surface area contributed by atoms with E-state index in [1.807, 2.05) is 41.5 Å². The lowest BCUT2D eigenvalue weighted by Gasteiger charge is -2.34. The lowest BCUT2D eigenvalue weighted by molar-refractivity contribution is -0.364. The summed E-state index contributed by atoms with van der Waals surface area (Å²) in [5, 5.41) is 0. The zero-order chi connectivity index (χ0) is 23.1. The number of halogens is 2. The van der Waals surface area contributed by atoms with Crippen molar-refractivity contribution in [3.63, 3.8) is 0 Å². The molecular weight excluding hydrogens is 397 g/mol. The van der Waals surface area contributed by atoms with Crippen LogP contribution in [0.2, 0.25) is 0 Å². The number of allylic oxidation sites excluding steroid dienone is 3. The van der Waals surface area contributed by atoms with Gasteiger partial charge in [0.2, 0.25) is 0 Å². The summed E-state index contributed by atoms with van der Waals surface area (Å²) in [6.07, 6.45) is 4.75. The second-order valence-corrected chi connectivity index (χ2v) is 8.74. The van der Waals surface area contributed by atoms with E-state index in [9.17, 15) is 4.79 Å². The molecule has 7 heteroatoms. The smallest absolute Gasteiger partial charge is 0.466 e. The maximum atomic E-state index is 16.0. The third-order valence-electron chi connectivity index (χ3n) is 6.97. The molecule has 0 fully saturated rings. The second-order valence-electron chi connectivity index (χ2n) is 8.74. The Balaban J connectivity index is 2.10. The predicted octanol–water partition coefficient (Wildman–Crippen LogP) is 5.95. The number of carbonyl (C=O) groups is 1. The van der Waals surface area contributed by atoms with Crippen molar-refractivity contribution in [2.75, 3.05) is 6.61 Å². The van der Waals surface area contributed by atoms with Crippen LogP contribution in [0.1, 0.15) is 89.2 Å². The molecule has 0 saturated carbocycles. The Morgan fingerprint density at radius 1 is 1.03 bits per heavy atom. The highest BCUT2D eigenvalue weighted by atomic mass is 19.2. The lowest BCUT2D eigenvalue weighted by Crippen LogP contribution is -2.51. The number of ether oxygens (including phenoxy) is 1. The van der Waals surface area contributed by atoms with Crippen LogP contribution < -0.4 is 0 Å². The molecule has 0 spiro atoms. The maximum absolute atomic E-state index is 16.0. The standard InChI is InChI=1S/C24H35BF2N2O2/c1-8-20-15(3)23-22(13-11-10-12-14-31-19(7)30)24-16(4)21(9-2)18(6)29(24)25(26,27)28(23)17(20)5/h8-14H2,1-7H3. The highest BCUT2D eigenvalue weighted by molar-refractivity contribution is 6.58. The fourth-order valence-electron chi connectivity index (χ4n) is 5.64. The Morgan fingerprint density at radius 2 is 1.71 bits per heavy atom. The molecule has 2 aliphatic rings. The zero-order valence-electron chi connectivity index (χ0n) is 20.0. The molecule has 0 N–H and O–H groups in total. The molecule has 170 valence electrons. The van der Waals surface area contributed by atoms with E-state index in [2.05, 4.69) is 0 Å². The number of fused-ring (bicyclic) bond motifs is 2. The second kappa shape index (κ2) is 8.75. The van der Waals surface area contributed by atoms with Crippen LogP contribution in [0, 0.1) is 13.8 Å². The van der Waals surface area contributed by atoms with Crippen molar-refractivity contribution >= 4 is 24.2 Å². The van der Waals surface area contributed by atoms with Crippen molar-refractivity contribution < 1.29 is 22.6 Å². The van der Waals surface area contributed by atoms with Crippen LogP contribution >= 0.6 is 0 Å². The summed E-state index contributed by atoms with van der Waals surface area (Å²) in [5.41, 5.74) is 7.86. The third kappa shape index (κ3) is 3.70. The summed E-state index contributed by atoms with van der Waals surface area (Å²) in [5.74, 6) is -0.266. The van der Waals surface area contributed by atoms with Gasteiger partial charge in [0, 0.05) is 36.3 Å². The molecule has 1 aromatic heterocycles. The number of carbonyl (C=O) groups excluding carboxylic acids is 1. The van der Waals surface area contributed by atoms with Gasteiger partial charge in [-0.15, -0.1) is 0 Å². The van der Waals surface area contributed by atoms with Crippen LogP contribution in [0.25, 0.3) is 5.57 Å². The van der Waals surface area contributed by atoms with Crippen molar-refractivity contribution in [2.45, 2.75) is 87.0 Å². The zero-order valence-corrected chi connectivity index (χ0v) is 20.0. The summed E-state index contributed by atoms with van der Waals surface area (Å²) >= 11 is 0. The molecule has 3 rings (SSSR count). The van der Waals surface area contributed by atoms with Gasteiger partial charge in [0.1, 0.15) is 5.71 Å². The fourth-order valence-corrected chi connectivity index (χ4v) is 5.64. The predicted molar refractivity (Wildman–Crippen MR) is 123 cm³/mol. The molecule has 0 saturated heterocycles. The van der Waals surface area contributed by atoms with Crippen molar-refractivity contribution in [1.29, 1.82) is 0 Å². The molecule has 0 aromatic carbocycles. The quantitative estimate of drug-likeness (QED) is 0.289. The van der Waals surface area contributed by atoms with Crippen molar-refractivity contribution in [3.05, 3.63) is 39.4 Å². The van der Waals surface area contributed by atoms with Crippen LogP contribution in [0.3, 0.4) is 0 Å². The van der Waals surface area contributed by atoms with Crippen molar-refractivity contribution in [3.8, 4) is 0 Å². The normalized spacial score (nSPS) is 17.5. The molecule has 0 radical (unpaired) electrons. The minimum atomic E-state index is -3.94. The van der Waals surface area contributed by atoms with Crippen LogP contribution in [0.15, 0.2) is 16.8 Å². The van der Waals surface area contributed by atoms with E-state index < -0.39 is 6.97 Å². The first-order valence-electron chi connectivity index (χ1n) is 11.5. The number of nitrogens with zero attached hydrogens (tertiary/aromatic N) is 2. The van der Waals surface area contributed by atoms with Gasteiger partial charge >= 0.3 is 12.9 Å². The third-order valence-corrected chi connectivity index (χ3v) is 6.97. The summed E-state index contributed by atoms with van der Waals surface area (Å²) in [4.78, 5) is 11.0. The van der Waals surface area contributed by atoms with E-state index in [-0.39, 0.29) is 5.97 Å². The Kier molecular flexibility index (Phi) is 6.63. The monoisotopic (exact) mass is 432 g/mol. The van der Waals surface area contributed by atoms with E-state index in [1.165, 1.54) is 15.9 Å². The van der Waals surface area contributed by atoms with Gasteiger partial charge in [-0.25, -0.2) is 0 Å². The largest absolute Gasteiger partial charge is 0.737 e. The average Bonchev–Trinajstić information content (AvgIpc) is 3.11. The summed E-state index contributed by atoms with van der Waals surface area (Å²) in [7, 11) is 0. The minimum Gasteiger partial charge on any atom is -0.466 e. The molecule has 31 heavy (non-hydrogen) atoms. The Morgan fingerprint density at radius 3 is 2.29 bits per heavy atom. The van der Waals surface area contributed by atoms with Gasteiger partial charge in [-0.05, 0) is 76.1 Å². The topological polar surface area (TPSA) is 34.2 Å². The Bertz CT molecular complexity index is 1020. The number of esters is 1. The number of rotatable bonds is 8. The molecule has 0 bridgehead atoms. The van der Waals surface area contributed by atoms with Gasteiger partial charge < -0.3 is 22.3 Å². The number of unbranched alkanes of at least 4 members (excludes halogenated alkanes) is 2. The summed E-state index contributed by atoms with van der Waals surface area (Å²) < 4.78 is 39.8. The average molecular weight is 432 g/mol. The Labute approximate surface area is 184 Å². The van der Waals surface area contributed by atoms with Gasteiger partial charge in [-0.2, -0.15) is 0 Å². The van der Waals surface area contributed by atoms with E-state index in [4.69, 9.17) is 4.74 Å². The number of hydrogen-bond donors (Lipinski definition) is 0. The van der Waals surface area contributed by atoms with Gasteiger partial charge in [-0.1, -0.05) is 13.8 Å². The molecular formula is C24H35BF2N2O2. The van der Waals surface area contributed by atoms with Crippen LogP contribution in [-0.2, 0) is 16.0 Å². The highest BCUT2D eigenvalue weighted by Gasteiger charge is 2.56. The minimum absolute atomic E-state index is 0.266. The van der Waals surface area contributed by atoms with E-state index >= 15 is 8.63 Å². The van der Waals surface area contributed by atoms with Crippen molar-refractivity contribution in [1.82, 2.24) is 4.48 Å². The SMILES string of the molecule is CCC1=C(C)C2=C(CCCCCOC(C)=O)c3c(C)c(CC)c(C)n3[B-](F)(F)[N+]2=C1C. The van der Waals surface area contributed by atoms with E-state index in [0.29, 0.717) is 18.0 Å². The molecule has 1 aromatic rings. The van der Waals surface area contributed by atoms with E-state index in [0.717, 1.165) is 77.8 Å². The molecule has 2 aliphatic heterocycles. The molecule has 0 unspecified atom stereocenters.